The van der Waals surface area contributed by atoms with E-state index in [0.29, 0.717) is 19.2 Å². The molecule has 1 heterocycles. The lowest BCUT2D eigenvalue weighted by molar-refractivity contribution is -0.172. The van der Waals surface area contributed by atoms with Crippen molar-refractivity contribution in [2.45, 2.75) is 26.1 Å². The number of anilines is 1. The summed E-state index contributed by atoms with van der Waals surface area (Å²) in [5, 5.41) is 2.94. The van der Waals surface area contributed by atoms with Crippen LogP contribution in [0.2, 0.25) is 0 Å². The van der Waals surface area contributed by atoms with Crippen molar-refractivity contribution in [1.29, 1.82) is 0 Å². The summed E-state index contributed by atoms with van der Waals surface area (Å²) in [5.74, 6) is 0.622. The van der Waals surface area contributed by atoms with Crippen molar-refractivity contribution in [3.63, 3.8) is 0 Å². The fraction of sp³-hybridized carbons (Fsp3) is 0.750. The lowest BCUT2D eigenvalue weighted by Crippen LogP contribution is -2.20. The highest BCUT2D eigenvalue weighted by molar-refractivity contribution is 5.25. The van der Waals surface area contributed by atoms with Gasteiger partial charge in [0.1, 0.15) is 6.61 Å². The van der Waals surface area contributed by atoms with Crippen LogP contribution in [0, 0.1) is 0 Å². The summed E-state index contributed by atoms with van der Waals surface area (Å²) in [7, 11) is 0. The van der Waals surface area contributed by atoms with Gasteiger partial charge in [-0.1, -0.05) is 0 Å². The summed E-state index contributed by atoms with van der Waals surface area (Å²) in [6, 6.07) is 0. The van der Waals surface area contributed by atoms with Gasteiger partial charge in [-0.05, 0) is 13.3 Å². The first-order valence-electron chi connectivity index (χ1n) is 6.50. The number of hydrogen-bond donors (Lipinski definition) is 1. The molecule has 0 aliphatic heterocycles. The van der Waals surface area contributed by atoms with E-state index in [1.807, 2.05) is 17.7 Å². The minimum atomic E-state index is -4.28. The zero-order valence-corrected chi connectivity index (χ0v) is 11.4. The van der Waals surface area contributed by atoms with E-state index < -0.39 is 12.8 Å². The van der Waals surface area contributed by atoms with Gasteiger partial charge in [0, 0.05) is 38.7 Å². The second-order valence-corrected chi connectivity index (χ2v) is 4.09. The number of ether oxygens (including phenoxy) is 2. The van der Waals surface area contributed by atoms with Crippen molar-refractivity contribution in [2.75, 3.05) is 38.3 Å². The third-order valence-corrected chi connectivity index (χ3v) is 2.40. The topological polar surface area (TPSA) is 48.3 Å². The molecule has 0 saturated heterocycles. The summed E-state index contributed by atoms with van der Waals surface area (Å²) in [4.78, 5) is 4.09. The van der Waals surface area contributed by atoms with E-state index in [-0.39, 0.29) is 13.2 Å². The van der Waals surface area contributed by atoms with Crippen LogP contribution < -0.4 is 5.32 Å². The van der Waals surface area contributed by atoms with Crippen molar-refractivity contribution in [2.24, 2.45) is 0 Å². The second kappa shape index (κ2) is 8.80. The molecule has 0 aromatic carbocycles. The van der Waals surface area contributed by atoms with Crippen LogP contribution in [-0.4, -0.2) is 48.7 Å². The quantitative estimate of drug-likeness (QED) is 0.673. The molecular formula is C12H20F3N3O2. The molecule has 1 N–H and O–H groups in total. The Balaban J connectivity index is 2.18. The van der Waals surface area contributed by atoms with Gasteiger partial charge in [0.2, 0.25) is 5.95 Å². The van der Waals surface area contributed by atoms with E-state index >= 15 is 0 Å². The number of rotatable bonds is 10. The van der Waals surface area contributed by atoms with Gasteiger partial charge in [-0.3, -0.25) is 0 Å². The molecule has 0 amide bonds. The number of alkyl halides is 3. The summed E-state index contributed by atoms with van der Waals surface area (Å²) in [6.45, 7) is 3.06. The normalized spacial score (nSPS) is 11.8. The van der Waals surface area contributed by atoms with E-state index in [4.69, 9.17) is 4.74 Å². The lowest BCUT2D eigenvalue weighted by Gasteiger charge is -2.11. The Morgan fingerprint density at radius 1 is 1.30 bits per heavy atom. The van der Waals surface area contributed by atoms with Crippen molar-refractivity contribution in [3.05, 3.63) is 12.4 Å². The van der Waals surface area contributed by atoms with E-state index in [0.717, 1.165) is 13.0 Å². The largest absolute Gasteiger partial charge is 0.411 e. The highest BCUT2D eigenvalue weighted by Crippen LogP contribution is 2.14. The summed E-state index contributed by atoms with van der Waals surface area (Å²) in [6.07, 6.45) is 0.0195. The average Bonchev–Trinajstić information content (AvgIpc) is 2.80. The predicted octanol–water partition coefficient (Wildman–Crippen LogP) is 2.30. The van der Waals surface area contributed by atoms with Gasteiger partial charge in [0.15, 0.2) is 0 Å². The van der Waals surface area contributed by atoms with Crippen molar-refractivity contribution < 1.29 is 22.6 Å². The van der Waals surface area contributed by atoms with Crippen LogP contribution in [-0.2, 0) is 16.0 Å². The maximum Gasteiger partial charge on any atom is 0.411 e. The molecule has 5 nitrogen and oxygen atoms in total. The zero-order valence-electron chi connectivity index (χ0n) is 11.4. The third-order valence-electron chi connectivity index (χ3n) is 2.40. The minimum absolute atomic E-state index is 0.0225. The molecule has 20 heavy (non-hydrogen) atoms. The number of nitrogens with zero attached hydrogens (tertiary/aromatic N) is 2. The van der Waals surface area contributed by atoms with Gasteiger partial charge in [-0.25, -0.2) is 4.98 Å². The number of halogens is 3. The first-order chi connectivity index (χ1) is 9.53. The molecule has 0 spiro atoms. The smallest absolute Gasteiger partial charge is 0.382 e. The van der Waals surface area contributed by atoms with Crippen LogP contribution in [0.4, 0.5) is 19.1 Å². The molecule has 0 radical (unpaired) electrons. The molecule has 8 heteroatoms. The van der Waals surface area contributed by atoms with Gasteiger partial charge in [-0.2, -0.15) is 13.2 Å². The summed E-state index contributed by atoms with van der Waals surface area (Å²) < 4.78 is 47.2. The molecule has 0 aliphatic carbocycles. The van der Waals surface area contributed by atoms with Crippen molar-refractivity contribution in [1.82, 2.24) is 9.55 Å². The summed E-state index contributed by atoms with van der Waals surface area (Å²) in [5.41, 5.74) is 0. The van der Waals surface area contributed by atoms with Crippen LogP contribution in [0.1, 0.15) is 13.3 Å². The molecule has 1 aromatic heterocycles. The molecular weight excluding hydrogens is 275 g/mol. The van der Waals surface area contributed by atoms with Gasteiger partial charge >= 0.3 is 6.18 Å². The van der Waals surface area contributed by atoms with Gasteiger partial charge in [0.25, 0.3) is 0 Å². The van der Waals surface area contributed by atoms with Gasteiger partial charge in [0.05, 0.1) is 6.61 Å². The van der Waals surface area contributed by atoms with Gasteiger partial charge < -0.3 is 19.4 Å². The van der Waals surface area contributed by atoms with Crippen LogP contribution in [0.25, 0.3) is 0 Å². The molecule has 0 unspecified atom stereocenters. The highest BCUT2D eigenvalue weighted by Gasteiger charge is 2.27. The number of aromatic nitrogens is 2. The number of hydrogen-bond acceptors (Lipinski definition) is 4. The Kier molecular flexibility index (Phi) is 7.38. The van der Waals surface area contributed by atoms with E-state index in [1.54, 1.807) is 6.20 Å². The molecule has 0 saturated carbocycles. The molecule has 0 fully saturated rings. The average molecular weight is 295 g/mol. The zero-order chi connectivity index (χ0) is 14.8. The Labute approximate surface area is 116 Å². The van der Waals surface area contributed by atoms with Crippen LogP contribution in [0.5, 0.6) is 0 Å². The minimum Gasteiger partial charge on any atom is -0.382 e. The predicted molar refractivity (Wildman–Crippen MR) is 68.7 cm³/mol. The Hall–Kier alpha value is -1.28. The number of aryl methyl sites for hydroxylation is 1. The molecule has 0 atom stereocenters. The standard InChI is InChI=1S/C12H20F3N3O2/c1-2-19-8-3-6-18-7-4-16-11(18)17-5-9-20-10-12(13,14)15/h4,7H,2-3,5-6,8-10H2,1H3,(H,16,17). The fourth-order valence-electron chi connectivity index (χ4n) is 1.56. The molecule has 1 rings (SSSR count). The maximum absolute atomic E-state index is 11.8. The maximum atomic E-state index is 11.8. The SMILES string of the molecule is CCOCCCn1ccnc1NCCOCC(F)(F)F. The number of imidazole rings is 1. The fourth-order valence-corrected chi connectivity index (χ4v) is 1.56. The van der Waals surface area contributed by atoms with Crippen LogP contribution in [0.3, 0.4) is 0 Å². The van der Waals surface area contributed by atoms with E-state index in [1.165, 1.54) is 0 Å². The monoisotopic (exact) mass is 295 g/mol. The first kappa shape index (κ1) is 16.8. The van der Waals surface area contributed by atoms with Crippen LogP contribution in [0.15, 0.2) is 12.4 Å². The molecule has 1 aromatic rings. The lowest BCUT2D eigenvalue weighted by atomic mass is 10.4. The second-order valence-electron chi connectivity index (χ2n) is 4.09. The Morgan fingerprint density at radius 3 is 2.80 bits per heavy atom. The number of nitrogens with one attached hydrogen (secondary N) is 1. The van der Waals surface area contributed by atoms with E-state index in [9.17, 15) is 13.2 Å². The summed E-state index contributed by atoms with van der Waals surface area (Å²) >= 11 is 0. The molecule has 0 bridgehead atoms. The van der Waals surface area contributed by atoms with Gasteiger partial charge in [-0.15, -0.1) is 0 Å². The first-order valence-corrected chi connectivity index (χ1v) is 6.50. The van der Waals surface area contributed by atoms with E-state index in [2.05, 4.69) is 15.0 Å². The van der Waals surface area contributed by atoms with Crippen molar-refractivity contribution in [3.8, 4) is 0 Å². The Bertz CT molecular complexity index is 369. The molecule has 116 valence electrons. The highest BCUT2D eigenvalue weighted by atomic mass is 19.4. The molecule has 0 aliphatic rings. The van der Waals surface area contributed by atoms with Crippen molar-refractivity contribution >= 4 is 5.95 Å². The van der Waals surface area contributed by atoms with Crippen LogP contribution >= 0.6 is 0 Å². The third kappa shape index (κ3) is 7.34. The Morgan fingerprint density at radius 2 is 2.10 bits per heavy atom.